The number of hydrogen-bond acceptors (Lipinski definition) is 3. The van der Waals surface area contributed by atoms with Crippen LogP contribution in [0.3, 0.4) is 0 Å². The standard InChI is InChI=1S/C33H45F2N3/c1-24(36)28-6-5-18-38(21-17-28)25(2)29-10-12-30(13-11-29)31-14-9-27(22-32(31)34)8-7-26-15-19-37(20-16-26)23-33(3,4)35/h9-14,22,26,28H,1-2,5-8,15-21,23,36H2,3-4H3. The molecule has 2 fully saturated rings. The first-order valence-electron chi connectivity index (χ1n) is 14.3. The Kier molecular flexibility index (Phi) is 9.30. The zero-order valence-corrected chi connectivity index (χ0v) is 23.3. The summed E-state index contributed by atoms with van der Waals surface area (Å²) in [5.41, 5.74) is 10.2. The van der Waals surface area contributed by atoms with E-state index in [0.29, 0.717) is 23.9 Å². The Labute approximate surface area is 228 Å². The highest BCUT2D eigenvalue weighted by molar-refractivity contribution is 5.69. The summed E-state index contributed by atoms with van der Waals surface area (Å²) >= 11 is 0. The molecule has 0 bridgehead atoms. The largest absolute Gasteiger partial charge is 0.402 e. The molecule has 2 aromatic rings. The van der Waals surface area contributed by atoms with Crippen molar-refractivity contribution in [1.82, 2.24) is 9.80 Å². The number of aryl methyl sites for hydroxylation is 1. The molecule has 0 aromatic heterocycles. The van der Waals surface area contributed by atoms with Gasteiger partial charge in [-0.2, -0.15) is 0 Å². The highest BCUT2D eigenvalue weighted by Gasteiger charge is 2.25. The van der Waals surface area contributed by atoms with E-state index in [-0.39, 0.29) is 5.82 Å². The maximum absolute atomic E-state index is 15.1. The average molecular weight is 522 g/mol. The van der Waals surface area contributed by atoms with Crippen LogP contribution in [0.1, 0.15) is 63.5 Å². The average Bonchev–Trinajstić information content (AvgIpc) is 3.14. The minimum Gasteiger partial charge on any atom is -0.402 e. The lowest BCUT2D eigenvalue weighted by molar-refractivity contribution is 0.0943. The van der Waals surface area contributed by atoms with Gasteiger partial charge in [0.2, 0.25) is 0 Å². The van der Waals surface area contributed by atoms with Gasteiger partial charge < -0.3 is 15.5 Å². The quantitative estimate of drug-likeness (QED) is 0.372. The van der Waals surface area contributed by atoms with Crippen molar-refractivity contribution in [3.8, 4) is 11.1 Å². The van der Waals surface area contributed by atoms with Crippen LogP contribution in [0.15, 0.2) is 61.3 Å². The Morgan fingerprint density at radius 2 is 1.68 bits per heavy atom. The molecule has 5 heteroatoms. The van der Waals surface area contributed by atoms with Crippen molar-refractivity contribution in [2.45, 2.75) is 64.5 Å². The van der Waals surface area contributed by atoms with E-state index in [4.69, 9.17) is 5.73 Å². The van der Waals surface area contributed by atoms with Gasteiger partial charge >= 0.3 is 0 Å². The van der Waals surface area contributed by atoms with Gasteiger partial charge in [0, 0.05) is 36.6 Å². The molecule has 0 spiro atoms. The van der Waals surface area contributed by atoms with Gasteiger partial charge in [-0.05, 0) is 106 Å². The molecule has 0 aliphatic carbocycles. The van der Waals surface area contributed by atoms with Crippen LogP contribution in [0.5, 0.6) is 0 Å². The van der Waals surface area contributed by atoms with Gasteiger partial charge in [-0.25, -0.2) is 8.78 Å². The van der Waals surface area contributed by atoms with E-state index in [0.717, 1.165) is 99.2 Å². The molecule has 2 N–H and O–H groups in total. The summed E-state index contributed by atoms with van der Waals surface area (Å²) in [7, 11) is 0. The number of piperidine rings is 1. The van der Waals surface area contributed by atoms with Crippen LogP contribution in [0, 0.1) is 17.7 Å². The van der Waals surface area contributed by atoms with Gasteiger partial charge in [0.05, 0.1) is 0 Å². The predicted octanol–water partition coefficient (Wildman–Crippen LogP) is 7.43. The van der Waals surface area contributed by atoms with Crippen LogP contribution in [-0.2, 0) is 6.42 Å². The molecule has 2 aliphatic rings. The number of nitrogens with zero attached hydrogens (tertiary/aromatic N) is 2. The van der Waals surface area contributed by atoms with E-state index in [1.165, 1.54) is 0 Å². The van der Waals surface area contributed by atoms with Crippen molar-refractivity contribution in [2.75, 3.05) is 32.7 Å². The fourth-order valence-corrected chi connectivity index (χ4v) is 6.05. The van der Waals surface area contributed by atoms with Crippen LogP contribution >= 0.6 is 0 Å². The van der Waals surface area contributed by atoms with Gasteiger partial charge in [-0.3, -0.25) is 0 Å². The lowest BCUT2D eigenvalue weighted by Gasteiger charge is -2.34. The van der Waals surface area contributed by atoms with Crippen molar-refractivity contribution in [1.29, 1.82) is 0 Å². The summed E-state index contributed by atoms with van der Waals surface area (Å²) in [5.74, 6) is 0.838. The molecule has 2 saturated heterocycles. The normalized spacial score (nSPS) is 19.8. The zero-order chi connectivity index (χ0) is 27.3. The van der Waals surface area contributed by atoms with E-state index < -0.39 is 5.67 Å². The Morgan fingerprint density at radius 3 is 2.32 bits per heavy atom. The molecule has 38 heavy (non-hydrogen) atoms. The Hall–Kier alpha value is -2.66. The lowest BCUT2D eigenvalue weighted by Crippen LogP contribution is -2.41. The molecule has 1 unspecified atom stereocenters. The molecular formula is C33H45F2N3. The van der Waals surface area contributed by atoms with Crippen LogP contribution < -0.4 is 5.73 Å². The molecule has 0 radical (unpaired) electrons. The van der Waals surface area contributed by atoms with Crippen molar-refractivity contribution < 1.29 is 8.78 Å². The topological polar surface area (TPSA) is 32.5 Å². The maximum Gasteiger partial charge on any atom is 0.131 e. The predicted molar refractivity (Wildman–Crippen MR) is 156 cm³/mol. The molecule has 206 valence electrons. The highest BCUT2D eigenvalue weighted by Crippen LogP contribution is 2.30. The van der Waals surface area contributed by atoms with Gasteiger partial charge in [0.25, 0.3) is 0 Å². The first kappa shape index (κ1) is 28.4. The number of likely N-dealkylation sites (tertiary alicyclic amines) is 2. The minimum atomic E-state index is -1.14. The summed E-state index contributed by atoms with van der Waals surface area (Å²) in [6.07, 6.45) is 7.27. The number of halogens is 2. The molecule has 0 saturated carbocycles. The summed E-state index contributed by atoms with van der Waals surface area (Å²) in [6.45, 7) is 15.9. The molecule has 2 aromatic carbocycles. The smallest absolute Gasteiger partial charge is 0.131 e. The second-order valence-electron chi connectivity index (χ2n) is 12.0. The number of nitrogens with two attached hydrogens (primary N) is 1. The molecule has 0 amide bonds. The molecule has 2 aliphatic heterocycles. The summed E-state index contributed by atoms with van der Waals surface area (Å²) in [4.78, 5) is 4.56. The molecule has 2 heterocycles. The third-order valence-electron chi connectivity index (χ3n) is 8.34. The Bertz CT molecular complexity index is 1090. The number of alkyl halides is 1. The van der Waals surface area contributed by atoms with E-state index in [1.807, 2.05) is 30.3 Å². The maximum atomic E-state index is 15.1. The molecule has 4 rings (SSSR count). The minimum absolute atomic E-state index is 0.172. The van der Waals surface area contributed by atoms with Crippen LogP contribution in [0.25, 0.3) is 16.8 Å². The summed E-state index contributed by atoms with van der Waals surface area (Å²) in [5, 5.41) is 0. The first-order chi connectivity index (χ1) is 18.1. The van der Waals surface area contributed by atoms with E-state index in [9.17, 15) is 4.39 Å². The van der Waals surface area contributed by atoms with Gasteiger partial charge in [0.1, 0.15) is 11.5 Å². The number of benzene rings is 2. The summed E-state index contributed by atoms with van der Waals surface area (Å²) < 4.78 is 29.0. The van der Waals surface area contributed by atoms with Crippen molar-refractivity contribution in [3.05, 3.63) is 78.3 Å². The Morgan fingerprint density at radius 1 is 0.974 bits per heavy atom. The monoisotopic (exact) mass is 521 g/mol. The lowest BCUT2D eigenvalue weighted by atomic mass is 9.89. The van der Waals surface area contributed by atoms with Gasteiger partial charge in [0.15, 0.2) is 0 Å². The van der Waals surface area contributed by atoms with Crippen LogP contribution in [0.4, 0.5) is 8.78 Å². The number of hydrogen-bond donors (Lipinski definition) is 1. The second kappa shape index (κ2) is 12.5. The number of allylic oxidation sites excluding steroid dienone is 1. The second-order valence-corrected chi connectivity index (χ2v) is 12.0. The highest BCUT2D eigenvalue weighted by atomic mass is 19.1. The molecular weight excluding hydrogens is 476 g/mol. The Balaban J connectivity index is 1.30. The molecule has 3 nitrogen and oxygen atoms in total. The van der Waals surface area contributed by atoms with Crippen LogP contribution in [-0.4, -0.2) is 48.2 Å². The SMILES string of the molecule is C=C(N)C1CCCN(C(=C)c2ccc(-c3ccc(CCC4CCN(CC(C)(C)F)CC4)cc3F)cc2)CC1. The van der Waals surface area contributed by atoms with E-state index >= 15 is 4.39 Å². The fraction of sp³-hybridized carbons (Fsp3) is 0.515. The van der Waals surface area contributed by atoms with Crippen molar-refractivity contribution in [3.63, 3.8) is 0 Å². The van der Waals surface area contributed by atoms with Crippen molar-refractivity contribution >= 4 is 5.70 Å². The fourth-order valence-electron chi connectivity index (χ4n) is 6.05. The summed E-state index contributed by atoms with van der Waals surface area (Å²) in [6, 6.07) is 13.8. The van der Waals surface area contributed by atoms with Crippen LogP contribution in [0.2, 0.25) is 0 Å². The molecule has 1 atom stereocenters. The van der Waals surface area contributed by atoms with E-state index in [1.54, 1.807) is 19.9 Å². The van der Waals surface area contributed by atoms with E-state index in [2.05, 4.69) is 29.0 Å². The van der Waals surface area contributed by atoms with Gasteiger partial charge in [-0.15, -0.1) is 0 Å². The third-order valence-corrected chi connectivity index (χ3v) is 8.34. The third kappa shape index (κ3) is 7.69. The van der Waals surface area contributed by atoms with Gasteiger partial charge in [-0.1, -0.05) is 49.6 Å². The van der Waals surface area contributed by atoms with Crippen molar-refractivity contribution in [2.24, 2.45) is 17.6 Å². The number of rotatable bonds is 9. The zero-order valence-electron chi connectivity index (χ0n) is 23.3. The first-order valence-corrected chi connectivity index (χ1v) is 14.3.